The van der Waals surface area contributed by atoms with E-state index in [1.165, 1.54) is 140 Å². The first-order chi connectivity index (χ1) is 64.4. The van der Waals surface area contributed by atoms with E-state index in [1.54, 1.807) is 0 Å². The summed E-state index contributed by atoms with van der Waals surface area (Å²) in [6.07, 6.45) is 11.2. The fraction of sp³-hybridized carbons (Fsp3) is 0.0549. The van der Waals surface area contributed by atoms with Crippen LogP contribution in [-0.4, -0.2) is 19.9 Å². The first-order valence-electron chi connectivity index (χ1n) is 50.4. The fourth-order valence-corrected chi connectivity index (χ4v) is 14.3. The Morgan fingerprint density at radius 1 is 0.200 bits per heavy atom. The molecular weight excluding hydrogens is 1150 g/mol. The highest BCUT2D eigenvalue weighted by Crippen LogP contribution is 2.40. The summed E-state index contributed by atoms with van der Waals surface area (Å²) in [6.45, 7) is 1.58. The van der Waals surface area contributed by atoms with Crippen molar-refractivity contribution in [3.05, 3.63) is 338 Å². The van der Waals surface area contributed by atoms with Crippen LogP contribution in [0.25, 0.3) is 162 Å². The summed E-state index contributed by atoms with van der Waals surface area (Å²) in [6, 6.07) is 94.7. The second-order valence-corrected chi connectivity index (χ2v) is 24.3. The molecule has 20 aromatic rings. The molecule has 20 rings (SSSR count). The van der Waals surface area contributed by atoms with Gasteiger partial charge in [0.1, 0.15) is 0 Å². The van der Waals surface area contributed by atoms with Gasteiger partial charge in [-0.2, -0.15) is 0 Å². The van der Waals surface area contributed by atoms with Gasteiger partial charge < -0.3 is 0 Å². The van der Waals surface area contributed by atoms with Crippen molar-refractivity contribution >= 4 is 162 Å². The second-order valence-electron chi connectivity index (χ2n) is 24.3. The molecule has 0 radical (unpaired) electrons. The number of rotatable bonds is 0. The van der Waals surface area contributed by atoms with Crippen LogP contribution < -0.4 is 0 Å². The number of benzene rings is 16. The summed E-state index contributed by atoms with van der Waals surface area (Å²) in [7, 11) is 0. The van der Waals surface area contributed by atoms with Crippen molar-refractivity contribution in [2.24, 2.45) is 0 Å². The van der Waals surface area contributed by atoms with Crippen molar-refractivity contribution < 1.29 is 51.4 Å². The quantitative estimate of drug-likeness (QED) is 0.142. The molecule has 0 N–H and O–H groups in total. The zero-order chi connectivity index (χ0) is 97.6. The van der Waals surface area contributed by atoms with E-state index in [-0.39, 0.29) is 0 Å². The van der Waals surface area contributed by atoms with Gasteiger partial charge in [0.15, 0.2) is 0 Å². The van der Waals surface area contributed by atoms with E-state index >= 15 is 0 Å². The third-order valence-corrected chi connectivity index (χ3v) is 18.5. The molecule has 0 bridgehead atoms. The van der Waals surface area contributed by atoms with E-state index in [2.05, 4.69) is 257 Å². The number of fused-ring (bicyclic) bond motifs is 30. The molecular formula is C91H96N4. The van der Waals surface area contributed by atoms with Gasteiger partial charge in [-0.1, -0.05) is 277 Å². The van der Waals surface area contributed by atoms with E-state index in [1.807, 2.05) is 73.6 Å². The lowest BCUT2D eigenvalue weighted by atomic mass is 9.93. The molecule has 0 saturated carbocycles. The van der Waals surface area contributed by atoms with Crippen molar-refractivity contribution in [1.29, 1.82) is 0 Å². The summed E-state index contributed by atoms with van der Waals surface area (Å²) in [5, 5.41) is 34.4. The van der Waals surface area contributed by atoms with Crippen LogP contribution in [0.2, 0.25) is 0 Å². The maximum atomic E-state index is 7.59. The van der Waals surface area contributed by atoms with Gasteiger partial charge >= 0.3 is 0 Å². The minimum Gasteiger partial charge on any atom is -0.264 e. The molecule has 0 aliphatic rings. The molecule has 0 saturated heterocycles. The van der Waals surface area contributed by atoms with Crippen LogP contribution in [0.15, 0.2) is 310 Å². The van der Waals surface area contributed by atoms with Crippen molar-refractivity contribution in [3.63, 3.8) is 0 Å². The maximum absolute atomic E-state index is 7.59. The molecule has 0 fully saturated rings. The number of nitrogens with zero attached hydrogens (tertiary/aromatic N) is 4. The molecule has 0 unspecified atom stereocenters. The van der Waals surface area contributed by atoms with Gasteiger partial charge in [-0.15, -0.1) is 0 Å². The highest BCUT2D eigenvalue weighted by Gasteiger charge is 2.14. The molecule has 16 aromatic carbocycles. The van der Waals surface area contributed by atoms with E-state index in [9.17, 15) is 0 Å². The number of hydrogen-bond acceptors (Lipinski definition) is 4. The lowest BCUT2D eigenvalue weighted by Crippen LogP contribution is -1.86. The van der Waals surface area contributed by atoms with E-state index < -0.39 is 0 Å². The average Bonchev–Trinajstić information content (AvgIpc) is 0.773. The van der Waals surface area contributed by atoms with Crippen LogP contribution in [0.1, 0.15) is 79.2 Å². The molecule has 0 atom stereocenters. The standard InChI is InChI=1S/C19H14.4C18H13N.15H2/c1-13-10-11-18-16-8-3-2-6-14(16)15-7-4-5-9-17(15)19(18)12-13;1-12-8-9-14-13-5-2-3-6-15(13)18-16(17(14)11-12)7-4-10-19-18;1-12-8-9-16-17(11-12)14-6-3-2-5-13(14)15-7-4-10-19-18(15)16;1-12-6-7-15-16-8-9-19-11-18(16)14-5-3-2-4-13(14)17(15)10-12;1-12-6-7-15-17(10-12)14-5-3-2-4-13(14)16-8-9-19-11-18(15)16;;;;;;;;;;;;;;;/h2-12H,1H3;4*2-11H,1H3;15*1H/i5*1D;15*1+1D. The van der Waals surface area contributed by atoms with Crippen LogP contribution in [0.5, 0.6) is 0 Å². The molecule has 4 nitrogen and oxygen atoms in total. The Hall–Kier alpha value is -12.0. The SMILES string of the molecule is [2H]Cc1ccc2c(c1)c1ccccc1c1cccnc12.[2H]Cc1ccc2c3ccccc3c3ccccc3c2c1.[2H]Cc1ccc2c3ccccc3c3ncccc3c2c1.[2H]Cc1ccc2c3ccncc3c3ccccc3c2c1.[2H]Cc1ccc2c3cnccc3c3ccccc3c2c1.[2H][2H].[2H][2H].[2H][2H].[2H][2H].[2H][2H].[2H][2H].[2H][2H].[2H][2H].[2H][2H].[2H][2H].[2H][2H].[2H][2H].[2H][2H].[2H][2H].[2H][2H]. The van der Waals surface area contributed by atoms with Gasteiger partial charge in [-0.3, -0.25) is 19.9 Å². The minimum absolute atomic E-state index is 0.310. The lowest BCUT2D eigenvalue weighted by Gasteiger charge is -2.10. The Bertz CT molecular complexity index is 5540. The van der Waals surface area contributed by atoms with Gasteiger partial charge in [0.25, 0.3) is 0 Å². The smallest absolute Gasteiger partial charge is 0.0786 e. The molecule has 4 heteroatoms. The predicted molar refractivity (Wildman–Crippen MR) is 441 cm³/mol. The molecule has 0 aliphatic carbocycles. The summed E-state index contributed by atoms with van der Waals surface area (Å²) < 4.78 is 188. The topological polar surface area (TPSA) is 51.6 Å². The zero-order valence-corrected chi connectivity index (χ0v) is 52.3. The number of aromatic nitrogens is 4. The van der Waals surface area contributed by atoms with Gasteiger partial charge in [-0.05, 0) is 177 Å². The van der Waals surface area contributed by atoms with Gasteiger partial charge in [0.2, 0.25) is 0 Å². The van der Waals surface area contributed by atoms with Crippen LogP contribution >= 0.6 is 0 Å². The van der Waals surface area contributed by atoms with Crippen LogP contribution in [0, 0.1) is 34.5 Å². The largest absolute Gasteiger partial charge is 0.264 e. The van der Waals surface area contributed by atoms with Crippen molar-refractivity contribution in [1.82, 2.24) is 19.9 Å². The molecule has 0 amide bonds. The summed E-state index contributed by atoms with van der Waals surface area (Å²) in [5.41, 5.74) is 7.33. The Kier molecular flexibility index (Phi) is 10.4. The molecule has 0 aliphatic heterocycles. The van der Waals surface area contributed by atoms with Crippen molar-refractivity contribution in [3.8, 4) is 0 Å². The Labute approximate surface area is 604 Å². The normalized spacial score (nSPS) is 13.4. The van der Waals surface area contributed by atoms with E-state index in [0.717, 1.165) is 49.6 Å². The third-order valence-electron chi connectivity index (χ3n) is 18.5. The molecule has 95 heavy (non-hydrogen) atoms. The molecule has 4 aromatic heterocycles. The molecule has 480 valence electrons. The lowest BCUT2D eigenvalue weighted by molar-refractivity contribution is 1.37. The highest BCUT2D eigenvalue weighted by molar-refractivity contribution is 6.29. The fourth-order valence-electron chi connectivity index (χ4n) is 14.3. The number of pyridine rings is 4. The van der Waals surface area contributed by atoms with Gasteiger partial charge in [0, 0.05) is 121 Å². The Morgan fingerprint density at radius 2 is 0.400 bits per heavy atom. The maximum Gasteiger partial charge on any atom is 0.0786 e. The zero-order valence-electron chi connectivity index (χ0n) is 87.3. The van der Waals surface area contributed by atoms with Gasteiger partial charge in [-0.25, -0.2) is 0 Å². The Morgan fingerprint density at radius 3 is 0.716 bits per heavy atom. The minimum atomic E-state index is 0.310. The number of aryl methyl sites for hydroxylation is 5. The van der Waals surface area contributed by atoms with Crippen LogP contribution in [0.4, 0.5) is 0 Å². The second kappa shape index (κ2) is 24.6. The highest BCUT2D eigenvalue weighted by atomic mass is 14.7. The summed E-state index contributed by atoms with van der Waals surface area (Å²) in [4.78, 5) is 17.7. The average molecular weight is 1280 g/mol. The summed E-state index contributed by atoms with van der Waals surface area (Å²) >= 11 is 0. The van der Waals surface area contributed by atoms with Crippen LogP contribution in [-0.2, 0) is 0 Å². The molecule has 4 heterocycles. The van der Waals surface area contributed by atoms with Crippen molar-refractivity contribution in [2.75, 3.05) is 0 Å². The van der Waals surface area contributed by atoms with Gasteiger partial charge in [0.05, 0.1) is 11.0 Å². The third kappa shape index (κ3) is 10.6. The molecule has 0 spiro atoms. The Balaban J connectivity index is 0.000000756. The monoisotopic (exact) mass is 1280 g/mol. The first kappa shape index (κ1) is 40.1. The number of hydrogen-bond donors (Lipinski definition) is 0. The van der Waals surface area contributed by atoms with E-state index in [0.29, 0.717) is 34.5 Å². The van der Waals surface area contributed by atoms with Crippen LogP contribution in [0.3, 0.4) is 0 Å². The van der Waals surface area contributed by atoms with Crippen molar-refractivity contribution in [2.45, 2.75) is 34.5 Å². The summed E-state index contributed by atoms with van der Waals surface area (Å²) in [5.74, 6) is 0. The first-order valence-corrected chi connectivity index (χ1v) is 31.9. The predicted octanol–water partition coefficient (Wildman–Crippen LogP) is 28.5. The van der Waals surface area contributed by atoms with E-state index in [4.69, 9.17) is 51.4 Å².